The first kappa shape index (κ1) is 13.2. The fourth-order valence-corrected chi connectivity index (χ4v) is 3.32. The van der Waals surface area contributed by atoms with Crippen LogP contribution >= 0.6 is 0 Å². The lowest BCUT2D eigenvalue weighted by Gasteiger charge is -2.28. The molecule has 1 aromatic carbocycles. The Labute approximate surface area is 119 Å². The molecule has 1 aromatic heterocycles. The van der Waals surface area contributed by atoms with Gasteiger partial charge in [-0.15, -0.1) is 0 Å². The second-order valence-corrected chi connectivity index (χ2v) is 6.09. The first-order chi connectivity index (χ1) is 9.65. The molecule has 2 unspecified atom stereocenters. The maximum atomic E-state index is 12.1. The number of pyridine rings is 1. The molecule has 1 aliphatic rings. The molecule has 3 nitrogen and oxygen atoms in total. The standard InChI is InChI=1S/C17H22N2O/c1-12-6-5-7-13(10-12)18-15-11-17(20)19(2)16-9-4-3-8-14(15)16/h3-4,8-9,11-13,18H,5-7,10H2,1-2H3. The van der Waals surface area contributed by atoms with Crippen molar-refractivity contribution in [2.75, 3.05) is 5.32 Å². The molecule has 20 heavy (non-hydrogen) atoms. The molecule has 2 aromatic rings. The van der Waals surface area contributed by atoms with Crippen LogP contribution in [0, 0.1) is 5.92 Å². The summed E-state index contributed by atoms with van der Waals surface area (Å²) in [7, 11) is 1.83. The Hall–Kier alpha value is -1.77. The van der Waals surface area contributed by atoms with Crippen LogP contribution in [0.25, 0.3) is 10.9 Å². The summed E-state index contributed by atoms with van der Waals surface area (Å²) in [5.74, 6) is 0.777. The maximum absolute atomic E-state index is 12.1. The summed E-state index contributed by atoms with van der Waals surface area (Å²) < 4.78 is 1.71. The van der Waals surface area contributed by atoms with Crippen LogP contribution in [-0.4, -0.2) is 10.6 Å². The van der Waals surface area contributed by atoms with Gasteiger partial charge in [0.05, 0.1) is 5.52 Å². The van der Waals surface area contributed by atoms with Gasteiger partial charge in [-0.2, -0.15) is 0 Å². The number of benzene rings is 1. The van der Waals surface area contributed by atoms with E-state index in [0.29, 0.717) is 6.04 Å². The zero-order valence-electron chi connectivity index (χ0n) is 12.2. The van der Waals surface area contributed by atoms with Crippen molar-refractivity contribution in [3.63, 3.8) is 0 Å². The maximum Gasteiger partial charge on any atom is 0.252 e. The third-order valence-corrected chi connectivity index (χ3v) is 4.45. The van der Waals surface area contributed by atoms with Crippen molar-refractivity contribution in [2.45, 2.75) is 38.6 Å². The summed E-state index contributed by atoms with van der Waals surface area (Å²) in [6.45, 7) is 2.32. The highest BCUT2D eigenvalue weighted by Gasteiger charge is 2.19. The van der Waals surface area contributed by atoms with Crippen LogP contribution in [0.5, 0.6) is 0 Å². The van der Waals surface area contributed by atoms with Gasteiger partial charge in [0, 0.05) is 30.2 Å². The van der Waals surface area contributed by atoms with Crippen LogP contribution < -0.4 is 10.9 Å². The number of aromatic nitrogens is 1. The number of fused-ring (bicyclic) bond motifs is 1. The van der Waals surface area contributed by atoms with Gasteiger partial charge in [-0.3, -0.25) is 4.79 Å². The smallest absolute Gasteiger partial charge is 0.252 e. The molecule has 3 heteroatoms. The SMILES string of the molecule is CC1CCCC(Nc2cc(=O)n(C)c3ccccc23)C1. The van der Waals surface area contributed by atoms with Crippen molar-refractivity contribution in [1.82, 2.24) is 4.57 Å². The molecule has 0 bridgehead atoms. The normalized spacial score (nSPS) is 22.9. The van der Waals surface area contributed by atoms with Crippen molar-refractivity contribution in [2.24, 2.45) is 13.0 Å². The first-order valence-corrected chi connectivity index (χ1v) is 7.50. The molecule has 3 rings (SSSR count). The predicted molar refractivity (Wildman–Crippen MR) is 84.2 cm³/mol. The van der Waals surface area contributed by atoms with Crippen LogP contribution in [-0.2, 0) is 7.05 Å². The number of hydrogen-bond acceptors (Lipinski definition) is 2. The monoisotopic (exact) mass is 270 g/mol. The van der Waals surface area contributed by atoms with Crippen molar-refractivity contribution in [1.29, 1.82) is 0 Å². The quantitative estimate of drug-likeness (QED) is 0.905. The molecule has 0 radical (unpaired) electrons. The third kappa shape index (κ3) is 2.45. The van der Waals surface area contributed by atoms with Gasteiger partial charge < -0.3 is 9.88 Å². The molecular weight excluding hydrogens is 248 g/mol. The molecule has 106 valence electrons. The van der Waals surface area contributed by atoms with Crippen LogP contribution in [0.2, 0.25) is 0 Å². The lowest BCUT2D eigenvalue weighted by Crippen LogP contribution is -2.27. The minimum absolute atomic E-state index is 0.0510. The number of hydrogen-bond donors (Lipinski definition) is 1. The average molecular weight is 270 g/mol. The molecule has 1 N–H and O–H groups in total. The van der Waals surface area contributed by atoms with Gasteiger partial charge in [-0.05, 0) is 24.8 Å². The number of nitrogens with one attached hydrogen (secondary N) is 1. The summed E-state index contributed by atoms with van der Waals surface area (Å²) in [4.78, 5) is 12.1. The van der Waals surface area contributed by atoms with E-state index in [1.807, 2.05) is 25.2 Å². The summed E-state index contributed by atoms with van der Waals surface area (Å²) >= 11 is 0. The zero-order chi connectivity index (χ0) is 14.1. The van der Waals surface area contributed by atoms with Crippen molar-refractivity contribution in [3.8, 4) is 0 Å². The summed E-state index contributed by atoms with van der Waals surface area (Å²) in [6, 6.07) is 10.3. The third-order valence-electron chi connectivity index (χ3n) is 4.45. The van der Waals surface area contributed by atoms with E-state index in [9.17, 15) is 4.79 Å². The Morgan fingerprint density at radius 1 is 1.25 bits per heavy atom. The van der Waals surface area contributed by atoms with Gasteiger partial charge in [0.2, 0.25) is 0 Å². The van der Waals surface area contributed by atoms with E-state index in [0.717, 1.165) is 22.5 Å². The lowest BCUT2D eigenvalue weighted by atomic mass is 9.87. The Kier molecular flexibility index (Phi) is 3.51. The van der Waals surface area contributed by atoms with Crippen LogP contribution in [0.4, 0.5) is 5.69 Å². The molecule has 1 aliphatic carbocycles. The second-order valence-electron chi connectivity index (χ2n) is 6.09. The Bertz CT molecular complexity index is 674. The molecular formula is C17H22N2O. The van der Waals surface area contributed by atoms with E-state index in [2.05, 4.69) is 18.3 Å². The number of rotatable bonds is 2. The zero-order valence-corrected chi connectivity index (χ0v) is 12.2. The summed E-state index contributed by atoms with van der Waals surface area (Å²) in [5.41, 5.74) is 2.03. The average Bonchev–Trinajstić information content (AvgIpc) is 2.45. The predicted octanol–water partition coefficient (Wildman–Crippen LogP) is 3.53. The van der Waals surface area contributed by atoms with Gasteiger partial charge in [-0.25, -0.2) is 0 Å². The van der Waals surface area contributed by atoms with Gasteiger partial charge >= 0.3 is 0 Å². The number of aryl methyl sites for hydroxylation is 1. The lowest BCUT2D eigenvalue weighted by molar-refractivity contribution is 0.359. The summed E-state index contributed by atoms with van der Waals surface area (Å²) in [5, 5.41) is 4.74. The first-order valence-electron chi connectivity index (χ1n) is 7.50. The van der Waals surface area contributed by atoms with Crippen molar-refractivity contribution in [3.05, 3.63) is 40.7 Å². The minimum atomic E-state index is 0.0510. The molecule has 0 aliphatic heterocycles. The molecule has 1 heterocycles. The number of para-hydroxylation sites is 1. The highest BCUT2D eigenvalue weighted by molar-refractivity contribution is 5.91. The van der Waals surface area contributed by atoms with E-state index in [1.165, 1.54) is 25.7 Å². The van der Waals surface area contributed by atoms with E-state index in [1.54, 1.807) is 10.6 Å². The van der Waals surface area contributed by atoms with E-state index in [-0.39, 0.29) is 5.56 Å². The summed E-state index contributed by atoms with van der Waals surface area (Å²) in [6.07, 6.45) is 5.01. The Morgan fingerprint density at radius 2 is 2.05 bits per heavy atom. The molecule has 2 atom stereocenters. The highest BCUT2D eigenvalue weighted by Crippen LogP contribution is 2.28. The van der Waals surface area contributed by atoms with Crippen LogP contribution in [0.3, 0.4) is 0 Å². The Morgan fingerprint density at radius 3 is 2.85 bits per heavy atom. The molecule has 0 saturated heterocycles. The van der Waals surface area contributed by atoms with Crippen molar-refractivity contribution < 1.29 is 0 Å². The largest absolute Gasteiger partial charge is 0.382 e. The van der Waals surface area contributed by atoms with E-state index >= 15 is 0 Å². The topological polar surface area (TPSA) is 34.0 Å². The van der Waals surface area contributed by atoms with Gasteiger partial charge in [0.25, 0.3) is 5.56 Å². The molecule has 0 spiro atoms. The van der Waals surface area contributed by atoms with Gasteiger partial charge in [0.15, 0.2) is 0 Å². The van der Waals surface area contributed by atoms with Gasteiger partial charge in [0.1, 0.15) is 0 Å². The molecule has 1 saturated carbocycles. The fraction of sp³-hybridized carbons (Fsp3) is 0.471. The minimum Gasteiger partial charge on any atom is -0.382 e. The van der Waals surface area contributed by atoms with Gasteiger partial charge in [-0.1, -0.05) is 38.0 Å². The number of nitrogens with zero attached hydrogens (tertiary/aromatic N) is 1. The second kappa shape index (κ2) is 5.31. The highest BCUT2D eigenvalue weighted by atomic mass is 16.1. The van der Waals surface area contributed by atoms with E-state index < -0.39 is 0 Å². The molecule has 1 fully saturated rings. The van der Waals surface area contributed by atoms with Crippen molar-refractivity contribution >= 4 is 16.6 Å². The van der Waals surface area contributed by atoms with E-state index in [4.69, 9.17) is 0 Å². The molecule has 0 amide bonds. The van der Waals surface area contributed by atoms with Crippen LogP contribution in [0.15, 0.2) is 35.1 Å². The fourth-order valence-electron chi connectivity index (χ4n) is 3.32. The van der Waals surface area contributed by atoms with Crippen LogP contribution in [0.1, 0.15) is 32.6 Å². The Balaban J connectivity index is 1.99. The number of anilines is 1.